The molecule has 0 amide bonds. The monoisotopic (exact) mass is 351 g/mol. The van der Waals surface area contributed by atoms with E-state index < -0.39 is 35.6 Å². The fourth-order valence-corrected chi connectivity index (χ4v) is 1.86. The van der Waals surface area contributed by atoms with E-state index in [9.17, 15) is 26.3 Å². The van der Waals surface area contributed by atoms with Crippen molar-refractivity contribution in [1.82, 2.24) is 0 Å². The van der Waals surface area contributed by atoms with Crippen molar-refractivity contribution in [2.45, 2.75) is 24.5 Å². The van der Waals surface area contributed by atoms with Gasteiger partial charge >= 0.3 is 12.4 Å². The topological polar surface area (TPSA) is 46.2 Å². The average molecular weight is 352 g/mol. The Labute approximate surface area is 112 Å². The Bertz CT molecular complexity index is 458. The molecule has 0 fully saturated rings. The highest BCUT2D eigenvalue weighted by molar-refractivity contribution is 9.10. The molecule has 1 aromatic rings. The molecule has 19 heavy (non-hydrogen) atoms. The third-order valence-corrected chi connectivity index (χ3v) is 3.08. The minimum atomic E-state index is -5.02. The lowest BCUT2D eigenvalue weighted by Crippen LogP contribution is -2.39. The summed E-state index contributed by atoms with van der Waals surface area (Å²) in [5.74, 6) is 0. The predicted octanol–water partition coefficient (Wildman–Crippen LogP) is 3.39. The summed E-state index contributed by atoms with van der Waals surface area (Å²) in [5.41, 5.74) is 3.55. The first kappa shape index (κ1) is 16.3. The molecular formula is C10H8BrF6NO. The van der Waals surface area contributed by atoms with E-state index in [1.807, 2.05) is 0 Å². The van der Waals surface area contributed by atoms with Crippen molar-refractivity contribution in [3.05, 3.63) is 33.8 Å². The molecule has 2 nitrogen and oxygen atoms in total. The molecule has 0 heterocycles. The van der Waals surface area contributed by atoms with Gasteiger partial charge in [-0.3, -0.25) is 0 Å². The molecule has 108 valence electrons. The minimum absolute atomic E-state index is 0.0451. The number of aliphatic hydroxyl groups is 1. The summed E-state index contributed by atoms with van der Waals surface area (Å²) in [5, 5.41) is 8.97. The maximum Gasteiger partial charge on any atom is 0.416 e. The van der Waals surface area contributed by atoms with Gasteiger partial charge in [-0.25, -0.2) is 0 Å². The molecule has 2 atom stereocenters. The van der Waals surface area contributed by atoms with Crippen LogP contribution in [0.1, 0.15) is 17.2 Å². The Kier molecular flexibility index (Phi) is 4.53. The van der Waals surface area contributed by atoms with Gasteiger partial charge in [-0.2, -0.15) is 26.3 Å². The molecule has 0 aromatic heterocycles. The van der Waals surface area contributed by atoms with Crippen molar-refractivity contribution >= 4 is 15.9 Å². The summed E-state index contributed by atoms with van der Waals surface area (Å²) < 4.78 is 74.2. The molecule has 3 N–H and O–H groups in total. The number of hydrogen-bond acceptors (Lipinski definition) is 2. The van der Waals surface area contributed by atoms with Crippen LogP contribution in [0.5, 0.6) is 0 Å². The fraction of sp³-hybridized carbons (Fsp3) is 0.400. The van der Waals surface area contributed by atoms with E-state index in [1.54, 1.807) is 0 Å². The minimum Gasteiger partial charge on any atom is -0.382 e. The summed E-state index contributed by atoms with van der Waals surface area (Å²) in [6.07, 6.45) is -12.7. The van der Waals surface area contributed by atoms with Gasteiger partial charge in [-0.15, -0.1) is 0 Å². The lowest BCUT2D eigenvalue weighted by molar-refractivity contribution is -0.210. The molecule has 0 saturated heterocycles. The molecule has 1 aromatic carbocycles. The number of rotatable bonds is 2. The highest BCUT2D eigenvalue weighted by Gasteiger charge is 2.43. The molecule has 0 bridgehead atoms. The van der Waals surface area contributed by atoms with Gasteiger partial charge in [-0.05, 0) is 23.8 Å². The first-order valence-corrected chi connectivity index (χ1v) is 5.61. The normalized spacial score (nSPS) is 16.3. The van der Waals surface area contributed by atoms with E-state index in [0.717, 1.165) is 6.07 Å². The highest BCUT2D eigenvalue weighted by atomic mass is 79.9. The van der Waals surface area contributed by atoms with Crippen molar-refractivity contribution < 1.29 is 31.4 Å². The maximum absolute atomic E-state index is 12.5. The van der Waals surface area contributed by atoms with Gasteiger partial charge in [0.05, 0.1) is 11.6 Å². The van der Waals surface area contributed by atoms with Gasteiger partial charge in [0.25, 0.3) is 0 Å². The molecular weight excluding hydrogens is 344 g/mol. The zero-order valence-corrected chi connectivity index (χ0v) is 10.6. The molecule has 0 radical (unpaired) electrons. The molecule has 0 aliphatic carbocycles. The molecule has 0 aliphatic rings. The number of aliphatic hydroxyl groups excluding tert-OH is 1. The van der Waals surface area contributed by atoms with Gasteiger partial charge in [-0.1, -0.05) is 15.9 Å². The van der Waals surface area contributed by atoms with Gasteiger partial charge in [0, 0.05) is 4.47 Å². The van der Waals surface area contributed by atoms with Crippen LogP contribution in [0.4, 0.5) is 26.3 Å². The van der Waals surface area contributed by atoms with Gasteiger partial charge < -0.3 is 10.8 Å². The molecule has 9 heteroatoms. The number of halogens is 7. The van der Waals surface area contributed by atoms with Crippen LogP contribution >= 0.6 is 15.9 Å². The summed E-state index contributed by atoms with van der Waals surface area (Å²) in [6, 6.07) is 0.0853. The van der Waals surface area contributed by atoms with Crippen LogP contribution in [0, 0.1) is 0 Å². The summed E-state index contributed by atoms with van der Waals surface area (Å²) in [6.45, 7) is 0. The standard InChI is InChI=1S/C10H8BrF6NO/c11-6-2-1-4(9(12,13)14)3-5(6)7(18)8(19)10(15,16)17/h1-3,7-8,19H,18H2/t7-,8-/m0/s1. The van der Waals surface area contributed by atoms with Gasteiger partial charge in [0.1, 0.15) is 0 Å². The van der Waals surface area contributed by atoms with Crippen molar-refractivity contribution in [2.75, 3.05) is 0 Å². The summed E-state index contributed by atoms with van der Waals surface area (Å²) in [7, 11) is 0. The fourth-order valence-electron chi connectivity index (χ4n) is 1.35. The van der Waals surface area contributed by atoms with E-state index in [0.29, 0.717) is 12.1 Å². The largest absolute Gasteiger partial charge is 0.416 e. The smallest absolute Gasteiger partial charge is 0.382 e. The number of nitrogens with two attached hydrogens (primary N) is 1. The lowest BCUT2D eigenvalue weighted by Gasteiger charge is -2.23. The van der Waals surface area contributed by atoms with Gasteiger partial charge in [0.2, 0.25) is 0 Å². The Morgan fingerprint density at radius 1 is 1.11 bits per heavy atom. The third-order valence-electron chi connectivity index (χ3n) is 2.36. The van der Waals surface area contributed by atoms with Gasteiger partial charge in [0.15, 0.2) is 6.10 Å². The Balaban J connectivity index is 3.20. The quantitative estimate of drug-likeness (QED) is 0.802. The summed E-state index contributed by atoms with van der Waals surface area (Å²) in [4.78, 5) is 0. The average Bonchev–Trinajstić information content (AvgIpc) is 2.25. The molecule has 0 saturated carbocycles. The number of hydrogen-bond donors (Lipinski definition) is 2. The first-order chi connectivity index (χ1) is 8.44. The van der Waals surface area contributed by atoms with Crippen LogP contribution in [-0.4, -0.2) is 17.4 Å². The SMILES string of the molecule is N[C@@H](c1cc(C(F)(F)F)ccc1Br)[C@H](O)C(F)(F)F. The van der Waals surface area contributed by atoms with E-state index in [1.165, 1.54) is 0 Å². The van der Waals surface area contributed by atoms with Crippen LogP contribution in [0.2, 0.25) is 0 Å². The zero-order chi connectivity index (χ0) is 15.0. The predicted molar refractivity (Wildman–Crippen MR) is 58.1 cm³/mol. The highest BCUT2D eigenvalue weighted by Crippen LogP contribution is 2.36. The Morgan fingerprint density at radius 2 is 1.63 bits per heavy atom. The maximum atomic E-state index is 12.5. The van der Waals surface area contributed by atoms with E-state index in [-0.39, 0.29) is 4.47 Å². The van der Waals surface area contributed by atoms with E-state index in [2.05, 4.69) is 15.9 Å². The van der Waals surface area contributed by atoms with Crippen molar-refractivity contribution in [2.24, 2.45) is 5.73 Å². The third kappa shape index (κ3) is 3.83. The Morgan fingerprint density at radius 3 is 2.05 bits per heavy atom. The van der Waals surface area contributed by atoms with Crippen molar-refractivity contribution in [3.8, 4) is 0 Å². The van der Waals surface area contributed by atoms with Crippen LogP contribution in [0.25, 0.3) is 0 Å². The molecule has 0 spiro atoms. The first-order valence-electron chi connectivity index (χ1n) is 4.81. The van der Waals surface area contributed by atoms with E-state index >= 15 is 0 Å². The zero-order valence-electron chi connectivity index (χ0n) is 9.06. The molecule has 0 unspecified atom stereocenters. The second kappa shape index (κ2) is 5.29. The van der Waals surface area contributed by atoms with Crippen LogP contribution < -0.4 is 5.73 Å². The van der Waals surface area contributed by atoms with E-state index in [4.69, 9.17) is 10.8 Å². The molecule has 0 aliphatic heterocycles. The van der Waals surface area contributed by atoms with Crippen molar-refractivity contribution in [1.29, 1.82) is 0 Å². The Hall–Kier alpha value is -0.800. The van der Waals surface area contributed by atoms with Crippen LogP contribution in [0.15, 0.2) is 22.7 Å². The number of benzene rings is 1. The van der Waals surface area contributed by atoms with Crippen LogP contribution in [0.3, 0.4) is 0 Å². The second-order valence-corrected chi connectivity index (χ2v) is 4.60. The second-order valence-electron chi connectivity index (χ2n) is 3.75. The lowest BCUT2D eigenvalue weighted by atomic mass is 9.99. The summed E-state index contributed by atoms with van der Waals surface area (Å²) >= 11 is 2.81. The van der Waals surface area contributed by atoms with Crippen molar-refractivity contribution in [3.63, 3.8) is 0 Å². The van der Waals surface area contributed by atoms with Crippen LogP contribution in [-0.2, 0) is 6.18 Å². The number of alkyl halides is 6. The molecule has 1 rings (SSSR count).